The molecule has 0 fully saturated rings. The highest BCUT2D eigenvalue weighted by atomic mass is 35.5. The van der Waals surface area contributed by atoms with Crippen molar-refractivity contribution >= 4 is 17.5 Å². The lowest BCUT2D eigenvalue weighted by molar-refractivity contribution is -0.120. The molecule has 2 rings (SSSR count). The van der Waals surface area contributed by atoms with Gasteiger partial charge >= 0.3 is 0 Å². The van der Waals surface area contributed by atoms with E-state index in [2.05, 4.69) is 5.32 Å². The van der Waals surface area contributed by atoms with Crippen LogP contribution < -0.4 is 10.1 Å². The number of hydrogen-bond acceptors (Lipinski definition) is 3. The van der Waals surface area contributed by atoms with Gasteiger partial charge in [0.25, 0.3) is 0 Å². The molecule has 4 nitrogen and oxygen atoms in total. The summed E-state index contributed by atoms with van der Waals surface area (Å²) in [7, 11) is 3.29. The van der Waals surface area contributed by atoms with Gasteiger partial charge in [-0.2, -0.15) is 0 Å². The van der Waals surface area contributed by atoms with Gasteiger partial charge in [0.1, 0.15) is 11.6 Å². The topological polar surface area (TPSA) is 47.6 Å². The van der Waals surface area contributed by atoms with Gasteiger partial charge in [0.05, 0.1) is 19.3 Å². The molecule has 0 saturated heterocycles. The summed E-state index contributed by atoms with van der Waals surface area (Å²) in [5.41, 5.74) is 2.27. The Morgan fingerprint density at radius 1 is 1.47 bits per heavy atom. The molecule has 1 aliphatic rings. The highest BCUT2D eigenvalue weighted by Gasteiger charge is 2.31. The second-order valence-corrected chi connectivity index (χ2v) is 4.82. The lowest BCUT2D eigenvalue weighted by Gasteiger charge is -2.33. The van der Waals surface area contributed by atoms with E-state index in [1.54, 1.807) is 14.2 Å². The quantitative estimate of drug-likeness (QED) is 0.861. The van der Waals surface area contributed by atoms with Crippen molar-refractivity contribution in [2.45, 2.75) is 25.0 Å². The molecule has 0 radical (unpaired) electrons. The van der Waals surface area contributed by atoms with Crippen LogP contribution in [0.5, 0.6) is 5.75 Å². The molecule has 1 aliphatic carbocycles. The molecule has 104 valence electrons. The van der Waals surface area contributed by atoms with Crippen LogP contribution in [0.25, 0.3) is 0 Å². The lowest BCUT2D eigenvalue weighted by atomic mass is 9.85. The third-order valence-electron chi connectivity index (χ3n) is 3.50. The van der Waals surface area contributed by atoms with Crippen molar-refractivity contribution in [3.63, 3.8) is 0 Å². The van der Waals surface area contributed by atoms with E-state index in [1.165, 1.54) is 5.56 Å². The van der Waals surface area contributed by atoms with Crippen LogP contribution in [0.4, 0.5) is 0 Å². The summed E-state index contributed by atoms with van der Waals surface area (Å²) in [6.07, 6.45) is 1.78. The number of hydrogen-bond donors (Lipinski definition) is 1. The van der Waals surface area contributed by atoms with Crippen molar-refractivity contribution in [1.29, 1.82) is 0 Å². The van der Waals surface area contributed by atoms with E-state index in [9.17, 15) is 4.79 Å². The molecule has 0 aromatic heterocycles. The SMILES string of the molecule is COc1ccc2c(c1)C(NC(=O)CCl)C(OC)CC2. The number of ether oxygens (including phenoxy) is 2. The lowest BCUT2D eigenvalue weighted by Crippen LogP contribution is -2.40. The summed E-state index contributed by atoms with van der Waals surface area (Å²) in [5.74, 6) is 0.539. The fourth-order valence-electron chi connectivity index (χ4n) is 2.52. The number of carbonyl (C=O) groups is 1. The summed E-state index contributed by atoms with van der Waals surface area (Å²) in [5, 5.41) is 2.93. The highest BCUT2D eigenvalue weighted by molar-refractivity contribution is 6.27. The molecule has 1 aromatic carbocycles. The van der Waals surface area contributed by atoms with Gasteiger partial charge in [0, 0.05) is 7.11 Å². The molecule has 0 bridgehead atoms. The number of nitrogens with one attached hydrogen (secondary N) is 1. The van der Waals surface area contributed by atoms with Crippen LogP contribution in [0.3, 0.4) is 0 Å². The van der Waals surface area contributed by atoms with Crippen molar-refractivity contribution in [1.82, 2.24) is 5.32 Å². The number of benzene rings is 1. The van der Waals surface area contributed by atoms with Gasteiger partial charge in [0.2, 0.25) is 5.91 Å². The number of aryl methyl sites for hydroxylation is 1. The number of carbonyl (C=O) groups excluding carboxylic acids is 1. The Balaban J connectivity index is 2.34. The molecule has 0 aliphatic heterocycles. The number of alkyl halides is 1. The largest absolute Gasteiger partial charge is 0.497 e. The molecule has 19 heavy (non-hydrogen) atoms. The Labute approximate surface area is 118 Å². The number of methoxy groups -OCH3 is 2. The summed E-state index contributed by atoms with van der Waals surface area (Å²) < 4.78 is 10.7. The molecule has 1 N–H and O–H groups in total. The van der Waals surface area contributed by atoms with Crippen LogP contribution >= 0.6 is 11.6 Å². The standard InChI is InChI=1S/C14H18ClNO3/c1-18-10-5-3-9-4-6-12(19-2)14(11(9)7-10)16-13(17)8-15/h3,5,7,12,14H,4,6,8H2,1-2H3,(H,16,17). The first-order chi connectivity index (χ1) is 9.19. The van der Waals surface area contributed by atoms with Crippen LogP contribution in [0.15, 0.2) is 18.2 Å². The van der Waals surface area contributed by atoms with Gasteiger partial charge in [-0.15, -0.1) is 11.6 Å². The van der Waals surface area contributed by atoms with E-state index in [0.29, 0.717) is 0 Å². The molecular formula is C14H18ClNO3. The van der Waals surface area contributed by atoms with Gasteiger partial charge in [-0.25, -0.2) is 0 Å². The van der Waals surface area contributed by atoms with E-state index < -0.39 is 0 Å². The molecule has 2 atom stereocenters. The Hall–Kier alpha value is -1.26. The minimum absolute atomic E-state index is 0.0354. The first-order valence-electron chi connectivity index (χ1n) is 6.24. The zero-order valence-electron chi connectivity index (χ0n) is 11.1. The van der Waals surface area contributed by atoms with Gasteiger partial charge in [-0.3, -0.25) is 4.79 Å². The van der Waals surface area contributed by atoms with E-state index in [1.807, 2.05) is 18.2 Å². The minimum Gasteiger partial charge on any atom is -0.497 e. The maximum atomic E-state index is 11.6. The normalized spacial score (nSPS) is 21.6. The number of halogens is 1. The van der Waals surface area contributed by atoms with Gasteiger partial charge < -0.3 is 14.8 Å². The fraction of sp³-hybridized carbons (Fsp3) is 0.500. The Morgan fingerprint density at radius 2 is 2.26 bits per heavy atom. The average molecular weight is 284 g/mol. The highest BCUT2D eigenvalue weighted by Crippen LogP contribution is 2.34. The molecule has 1 amide bonds. The third-order valence-corrected chi connectivity index (χ3v) is 3.74. The Morgan fingerprint density at radius 3 is 2.89 bits per heavy atom. The Kier molecular flexibility index (Phi) is 4.66. The van der Waals surface area contributed by atoms with Crippen molar-refractivity contribution < 1.29 is 14.3 Å². The maximum Gasteiger partial charge on any atom is 0.235 e. The zero-order chi connectivity index (χ0) is 13.8. The maximum absolute atomic E-state index is 11.6. The van der Waals surface area contributed by atoms with Crippen molar-refractivity contribution in [3.05, 3.63) is 29.3 Å². The predicted octanol–water partition coefficient (Wildman–Crippen LogP) is 2.05. The molecule has 0 heterocycles. The molecule has 0 spiro atoms. The second-order valence-electron chi connectivity index (χ2n) is 4.56. The van der Waals surface area contributed by atoms with E-state index >= 15 is 0 Å². The smallest absolute Gasteiger partial charge is 0.235 e. The van der Waals surface area contributed by atoms with Gasteiger partial charge in [-0.05, 0) is 36.1 Å². The number of rotatable bonds is 4. The second kappa shape index (κ2) is 6.26. The molecule has 5 heteroatoms. The van der Waals surface area contributed by atoms with E-state index in [4.69, 9.17) is 21.1 Å². The van der Waals surface area contributed by atoms with Crippen LogP contribution in [0.1, 0.15) is 23.6 Å². The van der Waals surface area contributed by atoms with Crippen LogP contribution in [-0.2, 0) is 16.0 Å². The van der Waals surface area contributed by atoms with Gasteiger partial charge in [-0.1, -0.05) is 6.07 Å². The minimum atomic E-state index is -0.190. The van der Waals surface area contributed by atoms with Crippen LogP contribution in [-0.4, -0.2) is 32.1 Å². The predicted molar refractivity (Wildman–Crippen MR) is 73.7 cm³/mol. The molecule has 1 aromatic rings. The summed E-state index contributed by atoms with van der Waals surface area (Å²) in [4.78, 5) is 11.6. The fourth-order valence-corrected chi connectivity index (χ4v) is 2.60. The number of amides is 1. The van der Waals surface area contributed by atoms with E-state index in [0.717, 1.165) is 24.2 Å². The van der Waals surface area contributed by atoms with Crippen LogP contribution in [0.2, 0.25) is 0 Å². The third kappa shape index (κ3) is 3.01. The van der Waals surface area contributed by atoms with Gasteiger partial charge in [0.15, 0.2) is 0 Å². The molecule has 2 unspecified atom stereocenters. The first kappa shape index (κ1) is 14.2. The molecule has 0 saturated carbocycles. The zero-order valence-corrected chi connectivity index (χ0v) is 11.9. The first-order valence-corrected chi connectivity index (χ1v) is 6.78. The summed E-state index contributed by atoms with van der Waals surface area (Å²) in [6.45, 7) is 0. The molecular weight excluding hydrogens is 266 g/mol. The monoisotopic (exact) mass is 283 g/mol. The number of fused-ring (bicyclic) bond motifs is 1. The summed E-state index contributed by atoms with van der Waals surface area (Å²) in [6, 6.07) is 5.77. The van der Waals surface area contributed by atoms with Crippen LogP contribution in [0, 0.1) is 0 Å². The van der Waals surface area contributed by atoms with Crippen molar-refractivity contribution in [2.75, 3.05) is 20.1 Å². The van der Waals surface area contributed by atoms with Crippen molar-refractivity contribution in [2.24, 2.45) is 0 Å². The summed E-state index contributed by atoms with van der Waals surface area (Å²) >= 11 is 5.57. The van der Waals surface area contributed by atoms with Crippen molar-refractivity contribution in [3.8, 4) is 5.75 Å². The van der Waals surface area contributed by atoms with E-state index in [-0.39, 0.29) is 23.9 Å². The Bertz CT molecular complexity index is 464. The average Bonchev–Trinajstić information content (AvgIpc) is 2.46.